The predicted molar refractivity (Wildman–Crippen MR) is 99.6 cm³/mol. The van der Waals surface area contributed by atoms with Crippen LogP contribution < -0.4 is 0 Å². The molecule has 0 spiro atoms. The summed E-state index contributed by atoms with van der Waals surface area (Å²) in [7, 11) is 0. The second-order valence-corrected chi connectivity index (χ2v) is 7.39. The first kappa shape index (κ1) is 15.9. The molecule has 1 N–H and O–H groups in total. The van der Waals surface area contributed by atoms with Gasteiger partial charge in [-0.3, -0.25) is 14.8 Å². The molecule has 5 heterocycles. The zero-order valence-electron chi connectivity index (χ0n) is 15.0. The molecule has 1 saturated carbocycles. The lowest BCUT2D eigenvalue weighted by molar-refractivity contribution is -0.0124. The summed E-state index contributed by atoms with van der Waals surface area (Å²) in [5, 5.41) is 12.8. The first-order valence-electron chi connectivity index (χ1n) is 9.39. The number of rotatable bonds is 3. The maximum absolute atomic E-state index is 13.4. The van der Waals surface area contributed by atoms with Crippen molar-refractivity contribution in [1.29, 1.82) is 0 Å². The fraction of sp³-hybridized carbons (Fsp3) is 0.300. The SMILES string of the molecule is Fc1ccc(-c2nn3c(c2-c2ccnc4[nH]ncc24)COC(C2CC2)C3)nc1. The Balaban J connectivity index is 1.57. The number of hydrogen-bond donors (Lipinski definition) is 1. The van der Waals surface area contributed by atoms with Gasteiger partial charge in [0, 0.05) is 22.7 Å². The van der Waals surface area contributed by atoms with Crippen LogP contribution >= 0.6 is 0 Å². The second-order valence-electron chi connectivity index (χ2n) is 7.39. The number of aromatic amines is 1. The van der Waals surface area contributed by atoms with Gasteiger partial charge in [-0.25, -0.2) is 9.37 Å². The fourth-order valence-corrected chi connectivity index (χ4v) is 4.00. The fourth-order valence-electron chi connectivity index (χ4n) is 4.00. The van der Waals surface area contributed by atoms with Crippen LogP contribution in [0.3, 0.4) is 0 Å². The summed E-state index contributed by atoms with van der Waals surface area (Å²) in [5.41, 5.74) is 4.99. The van der Waals surface area contributed by atoms with Crippen LogP contribution in [0.1, 0.15) is 18.5 Å². The molecular formula is C20H17FN6O. The molecule has 2 aliphatic rings. The zero-order valence-corrected chi connectivity index (χ0v) is 15.0. The number of nitrogens with zero attached hydrogens (tertiary/aromatic N) is 5. The highest BCUT2D eigenvalue weighted by atomic mass is 19.1. The standard InChI is InChI=1S/C20H17FN6O/c21-12-3-4-15(23-7-12)19-18(13-5-6-22-20-14(13)8-24-25-20)16-10-28-17(11-1-2-11)9-27(16)26-19/h3-8,11,17H,1-2,9-10H2,(H,22,24,25). The Bertz CT molecular complexity index is 1180. The van der Waals surface area contributed by atoms with Crippen molar-refractivity contribution < 1.29 is 9.13 Å². The molecule has 0 bridgehead atoms. The summed E-state index contributed by atoms with van der Waals surface area (Å²) in [6, 6.07) is 5.03. The largest absolute Gasteiger partial charge is 0.370 e. The van der Waals surface area contributed by atoms with E-state index >= 15 is 0 Å². The van der Waals surface area contributed by atoms with Gasteiger partial charge >= 0.3 is 0 Å². The number of ether oxygens (including phenoxy) is 1. The van der Waals surface area contributed by atoms with E-state index in [9.17, 15) is 4.39 Å². The normalized spacial score (nSPS) is 19.1. The van der Waals surface area contributed by atoms with Gasteiger partial charge in [0.1, 0.15) is 11.5 Å². The molecule has 0 saturated heterocycles. The highest BCUT2D eigenvalue weighted by Gasteiger charge is 2.37. The van der Waals surface area contributed by atoms with Crippen LogP contribution in [0, 0.1) is 11.7 Å². The molecule has 0 aromatic carbocycles. The van der Waals surface area contributed by atoms with Crippen molar-refractivity contribution in [2.45, 2.75) is 32.1 Å². The summed E-state index contributed by atoms with van der Waals surface area (Å²) in [5.74, 6) is 0.266. The zero-order chi connectivity index (χ0) is 18.7. The number of fused-ring (bicyclic) bond motifs is 2. The van der Waals surface area contributed by atoms with Gasteiger partial charge in [-0.1, -0.05) is 0 Å². The van der Waals surface area contributed by atoms with Gasteiger partial charge in [0.25, 0.3) is 0 Å². The van der Waals surface area contributed by atoms with E-state index in [-0.39, 0.29) is 11.9 Å². The molecule has 7 nitrogen and oxygen atoms in total. The molecule has 140 valence electrons. The van der Waals surface area contributed by atoms with Crippen molar-refractivity contribution in [3.05, 3.63) is 48.3 Å². The molecule has 1 atom stereocenters. The van der Waals surface area contributed by atoms with Crippen LogP contribution in [0.15, 0.2) is 36.8 Å². The molecule has 8 heteroatoms. The monoisotopic (exact) mass is 376 g/mol. The Kier molecular flexibility index (Phi) is 3.37. The van der Waals surface area contributed by atoms with Crippen molar-refractivity contribution in [2.75, 3.05) is 0 Å². The van der Waals surface area contributed by atoms with E-state index in [4.69, 9.17) is 9.84 Å². The molecule has 1 aliphatic carbocycles. The molecule has 28 heavy (non-hydrogen) atoms. The molecule has 1 fully saturated rings. The van der Waals surface area contributed by atoms with E-state index in [0.29, 0.717) is 23.9 Å². The molecule has 6 rings (SSSR count). The van der Waals surface area contributed by atoms with Gasteiger partial charge in [0.2, 0.25) is 0 Å². The minimum absolute atomic E-state index is 0.209. The van der Waals surface area contributed by atoms with E-state index < -0.39 is 0 Å². The summed E-state index contributed by atoms with van der Waals surface area (Å²) in [6.45, 7) is 1.22. The second kappa shape index (κ2) is 5.93. The molecule has 0 radical (unpaired) electrons. The number of hydrogen-bond acceptors (Lipinski definition) is 5. The lowest BCUT2D eigenvalue weighted by atomic mass is 9.99. The van der Waals surface area contributed by atoms with E-state index in [2.05, 4.69) is 20.2 Å². The Hall–Kier alpha value is -3.13. The van der Waals surface area contributed by atoms with Gasteiger partial charge in [0.05, 0.1) is 43.0 Å². The average molecular weight is 376 g/mol. The van der Waals surface area contributed by atoms with Crippen molar-refractivity contribution >= 4 is 11.0 Å². The smallest absolute Gasteiger partial charge is 0.155 e. The Morgan fingerprint density at radius 2 is 2.07 bits per heavy atom. The van der Waals surface area contributed by atoms with Gasteiger partial charge in [-0.15, -0.1) is 0 Å². The summed E-state index contributed by atoms with van der Waals surface area (Å²) < 4.78 is 21.6. The van der Waals surface area contributed by atoms with Crippen molar-refractivity contribution in [3.8, 4) is 22.5 Å². The molecule has 4 aromatic rings. The first-order chi connectivity index (χ1) is 13.8. The summed E-state index contributed by atoms with van der Waals surface area (Å²) >= 11 is 0. The molecule has 1 aliphatic heterocycles. The van der Waals surface area contributed by atoms with E-state index in [1.807, 2.05) is 10.7 Å². The van der Waals surface area contributed by atoms with Gasteiger partial charge in [-0.05, 0) is 37.0 Å². The van der Waals surface area contributed by atoms with E-state index in [0.717, 1.165) is 34.4 Å². The lowest BCUT2D eigenvalue weighted by Gasteiger charge is -2.24. The van der Waals surface area contributed by atoms with Crippen LogP contribution in [0.5, 0.6) is 0 Å². The number of pyridine rings is 2. The van der Waals surface area contributed by atoms with Crippen molar-refractivity contribution in [1.82, 2.24) is 29.9 Å². The predicted octanol–water partition coefficient (Wildman–Crippen LogP) is 3.33. The van der Waals surface area contributed by atoms with E-state index in [1.165, 1.54) is 25.1 Å². The Labute approximate surface area is 159 Å². The first-order valence-corrected chi connectivity index (χ1v) is 9.39. The third-order valence-corrected chi connectivity index (χ3v) is 5.59. The summed E-state index contributed by atoms with van der Waals surface area (Å²) in [6.07, 6.45) is 7.39. The number of H-pyrrole nitrogens is 1. The van der Waals surface area contributed by atoms with Gasteiger partial charge < -0.3 is 4.74 Å². The quantitative estimate of drug-likeness (QED) is 0.593. The van der Waals surface area contributed by atoms with Gasteiger partial charge in [0.15, 0.2) is 5.65 Å². The third kappa shape index (κ3) is 2.45. The minimum atomic E-state index is -0.368. The number of halogens is 1. The molecule has 0 amide bonds. The average Bonchev–Trinajstić information content (AvgIpc) is 3.33. The maximum Gasteiger partial charge on any atom is 0.155 e. The highest BCUT2D eigenvalue weighted by Crippen LogP contribution is 2.42. The van der Waals surface area contributed by atoms with Crippen LogP contribution in [-0.4, -0.2) is 36.0 Å². The summed E-state index contributed by atoms with van der Waals surface area (Å²) in [4.78, 5) is 8.62. The molecular weight excluding hydrogens is 359 g/mol. The van der Waals surface area contributed by atoms with Crippen molar-refractivity contribution in [3.63, 3.8) is 0 Å². The topological polar surface area (TPSA) is 81.5 Å². The third-order valence-electron chi connectivity index (χ3n) is 5.59. The highest BCUT2D eigenvalue weighted by molar-refractivity contribution is 5.97. The van der Waals surface area contributed by atoms with E-state index in [1.54, 1.807) is 18.5 Å². The maximum atomic E-state index is 13.4. The van der Waals surface area contributed by atoms with Crippen LogP contribution in [0.4, 0.5) is 4.39 Å². The molecule has 1 unspecified atom stereocenters. The van der Waals surface area contributed by atoms with Gasteiger partial charge in [-0.2, -0.15) is 10.2 Å². The number of nitrogens with one attached hydrogen (secondary N) is 1. The minimum Gasteiger partial charge on any atom is -0.370 e. The Morgan fingerprint density at radius 3 is 2.89 bits per heavy atom. The number of aromatic nitrogens is 6. The van der Waals surface area contributed by atoms with Crippen LogP contribution in [-0.2, 0) is 17.9 Å². The van der Waals surface area contributed by atoms with Crippen LogP contribution in [0.2, 0.25) is 0 Å². The van der Waals surface area contributed by atoms with Crippen LogP contribution in [0.25, 0.3) is 33.5 Å². The molecule has 4 aromatic heterocycles. The Morgan fingerprint density at radius 1 is 1.14 bits per heavy atom. The van der Waals surface area contributed by atoms with Crippen molar-refractivity contribution in [2.24, 2.45) is 5.92 Å². The lowest BCUT2D eigenvalue weighted by Crippen LogP contribution is -2.29.